The third-order valence-electron chi connectivity index (χ3n) is 4.02. The number of ether oxygens (including phenoxy) is 1. The number of nitrogens with zero attached hydrogens (tertiary/aromatic N) is 4. The molecule has 0 radical (unpaired) electrons. The summed E-state index contributed by atoms with van der Waals surface area (Å²) in [5.41, 5.74) is -0.430. The van der Waals surface area contributed by atoms with Gasteiger partial charge in [0.2, 0.25) is 0 Å². The number of carbonyl (C=O) groups excluding carboxylic acids is 1. The zero-order valence-corrected chi connectivity index (χ0v) is 12.8. The van der Waals surface area contributed by atoms with Gasteiger partial charge >= 0.3 is 6.09 Å². The summed E-state index contributed by atoms with van der Waals surface area (Å²) >= 11 is 0. The van der Waals surface area contributed by atoms with Crippen molar-refractivity contribution >= 4 is 11.9 Å². The molecule has 0 N–H and O–H groups in total. The second kappa shape index (κ2) is 5.16. The van der Waals surface area contributed by atoms with Gasteiger partial charge < -0.3 is 14.5 Å². The van der Waals surface area contributed by atoms with E-state index < -0.39 is 5.60 Å². The fourth-order valence-corrected chi connectivity index (χ4v) is 3.12. The van der Waals surface area contributed by atoms with Gasteiger partial charge in [-0.1, -0.05) is 0 Å². The van der Waals surface area contributed by atoms with Crippen LogP contribution in [-0.4, -0.2) is 53.0 Å². The minimum atomic E-state index is -0.430. The van der Waals surface area contributed by atoms with Gasteiger partial charge in [-0.2, -0.15) is 5.10 Å². The standard InChI is InChI=1S/C15H22N4O2/c1-15(2,3)21-14(20)19-9-11-7-18(8-12(11)10-19)13-5-4-6-16-17-13/h4-6,11-12H,7-10H2,1-3H3/t11-,12+. The Hall–Kier alpha value is -1.85. The van der Waals surface area contributed by atoms with Gasteiger partial charge in [0.1, 0.15) is 5.60 Å². The Morgan fingerprint density at radius 2 is 1.90 bits per heavy atom. The molecule has 6 nitrogen and oxygen atoms in total. The molecule has 3 heterocycles. The predicted molar refractivity (Wildman–Crippen MR) is 79.0 cm³/mol. The largest absolute Gasteiger partial charge is 0.444 e. The third kappa shape index (κ3) is 3.09. The molecule has 2 saturated heterocycles. The summed E-state index contributed by atoms with van der Waals surface area (Å²) in [4.78, 5) is 16.2. The van der Waals surface area contributed by atoms with Crippen molar-refractivity contribution in [1.29, 1.82) is 0 Å². The zero-order valence-electron chi connectivity index (χ0n) is 12.8. The van der Waals surface area contributed by atoms with Crippen LogP contribution in [0.5, 0.6) is 0 Å². The van der Waals surface area contributed by atoms with Gasteiger partial charge in [0.05, 0.1) is 0 Å². The van der Waals surface area contributed by atoms with Gasteiger partial charge in [0.25, 0.3) is 0 Å². The average molecular weight is 290 g/mol. The van der Waals surface area contributed by atoms with Gasteiger partial charge in [0, 0.05) is 44.2 Å². The van der Waals surface area contributed by atoms with Crippen LogP contribution in [-0.2, 0) is 4.74 Å². The lowest BCUT2D eigenvalue weighted by Gasteiger charge is -2.26. The van der Waals surface area contributed by atoms with E-state index in [0.29, 0.717) is 11.8 Å². The van der Waals surface area contributed by atoms with Crippen LogP contribution in [0.2, 0.25) is 0 Å². The summed E-state index contributed by atoms with van der Waals surface area (Å²) in [7, 11) is 0. The summed E-state index contributed by atoms with van der Waals surface area (Å²) in [5, 5.41) is 8.09. The summed E-state index contributed by atoms with van der Waals surface area (Å²) in [6.45, 7) is 9.12. The molecule has 21 heavy (non-hydrogen) atoms. The van der Waals surface area contributed by atoms with E-state index in [4.69, 9.17) is 4.74 Å². The van der Waals surface area contributed by atoms with Gasteiger partial charge in [-0.05, 0) is 32.9 Å². The topological polar surface area (TPSA) is 58.6 Å². The average Bonchev–Trinajstić information content (AvgIpc) is 2.95. The molecule has 2 fully saturated rings. The Morgan fingerprint density at radius 3 is 2.43 bits per heavy atom. The Kier molecular flexibility index (Phi) is 3.47. The van der Waals surface area contributed by atoms with Crippen molar-refractivity contribution in [2.24, 2.45) is 11.8 Å². The molecule has 1 aromatic heterocycles. The van der Waals surface area contributed by atoms with Gasteiger partial charge in [0.15, 0.2) is 5.82 Å². The Morgan fingerprint density at radius 1 is 1.24 bits per heavy atom. The molecule has 2 atom stereocenters. The molecular formula is C15H22N4O2. The normalized spacial score (nSPS) is 25.1. The first kappa shape index (κ1) is 14.1. The summed E-state index contributed by atoms with van der Waals surface area (Å²) < 4.78 is 5.45. The van der Waals surface area contributed by atoms with Crippen molar-refractivity contribution in [3.8, 4) is 0 Å². The molecule has 6 heteroatoms. The number of likely N-dealkylation sites (tertiary alicyclic amines) is 1. The number of fused-ring (bicyclic) bond motifs is 1. The van der Waals surface area contributed by atoms with Crippen LogP contribution in [0.3, 0.4) is 0 Å². The van der Waals surface area contributed by atoms with Crippen LogP contribution in [0.4, 0.5) is 10.6 Å². The number of carbonyl (C=O) groups is 1. The molecule has 0 unspecified atom stereocenters. The lowest BCUT2D eigenvalue weighted by Crippen LogP contribution is -2.37. The van der Waals surface area contributed by atoms with Crippen molar-refractivity contribution in [2.45, 2.75) is 26.4 Å². The second-order valence-electron chi connectivity index (χ2n) is 6.89. The van der Waals surface area contributed by atoms with Gasteiger partial charge in [-0.15, -0.1) is 5.10 Å². The van der Waals surface area contributed by atoms with Gasteiger partial charge in [-0.25, -0.2) is 4.79 Å². The number of rotatable bonds is 1. The highest BCUT2D eigenvalue weighted by atomic mass is 16.6. The molecule has 1 amide bonds. The Balaban J connectivity index is 1.58. The van der Waals surface area contributed by atoms with E-state index in [0.717, 1.165) is 32.0 Å². The van der Waals surface area contributed by atoms with Crippen molar-refractivity contribution in [3.05, 3.63) is 18.3 Å². The highest BCUT2D eigenvalue weighted by molar-refractivity contribution is 5.68. The number of amides is 1. The highest BCUT2D eigenvalue weighted by Crippen LogP contribution is 2.33. The van der Waals surface area contributed by atoms with Crippen LogP contribution >= 0.6 is 0 Å². The Labute approximate surface area is 125 Å². The monoisotopic (exact) mass is 290 g/mol. The fourth-order valence-electron chi connectivity index (χ4n) is 3.12. The molecule has 0 saturated carbocycles. The molecule has 3 rings (SSSR count). The second-order valence-corrected chi connectivity index (χ2v) is 6.89. The molecular weight excluding hydrogens is 268 g/mol. The van der Waals surface area contributed by atoms with Crippen molar-refractivity contribution < 1.29 is 9.53 Å². The van der Waals surface area contributed by atoms with Crippen molar-refractivity contribution in [2.75, 3.05) is 31.1 Å². The van der Waals surface area contributed by atoms with E-state index in [1.165, 1.54) is 0 Å². The zero-order chi connectivity index (χ0) is 15.0. The molecule has 1 aromatic rings. The molecule has 0 aliphatic carbocycles. The number of hydrogen-bond donors (Lipinski definition) is 0. The molecule has 2 aliphatic rings. The molecule has 114 valence electrons. The van der Waals surface area contributed by atoms with E-state index >= 15 is 0 Å². The van der Waals surface area contributed by atoms with Crippen LogP contribution in [0.15, 0.2) is 18.3 Å². The van der Waals surface area contributed by atoms with E-state index in [1.54, 1.807) is 6.20 Å². The lowest BCUT2D eigenvalue weighted by atomic mass is 10.0. The third-order valence-corrected chi connectivity index (χ3v) is 4.02. The van der Waals surface area contributed by atoms with Crippen LogP contribution in [0.1, 0.15) is 20.8 Å². The summed E-state index contributed by atoms with van der Waals surface area (Å²) in [6.07, 6.45) is 1.49. The van der Waals surface area contributed by atoms with Crippen molar-refractivity contribution in [3.63, 3.8) is 0 Å². The predicted octanol–water partition coefficient (Wildman–Crippen LogP) is 1.78. The van der Waals surface area contributed by atoms with Crippen LogP contribution in [0.25, 0.3) is 0 Å². The minimum Gasteiger partial charge on any atom is -0.444 e. The van der Waals surface area contributed by atoms with Crippen LogP contribution in [0, 0.1) is 11.8 Å². The summed E-state index contributed by atoms with van der Waals surface area (Å²) in [6, 6.07) is 3.89. The van der Waals surface area contributed by atoms with E-state index in [-0.39, 0.29) is 6.09 Å². The number of aromatic nitrogens is 2. The lowest BCUT2D eigenvalue weighted by molar-refractivity contribution is 0.0282. The van der Waals surface area contributed by atoms with E-state index in [1.807, 2.05) is 37.8 Å². The maximum Gasteiger partial charge on any atom is 0.410 e. The SMILES string of the molecule is CC(C)(C)OC(=O)N1C[C@@H]2CN(c3cccnn3)C[C@@H]2C1. The molecule has 0 spiro atoms. The first-order chi connectivity index (χ1) is 9.92. The quantitative estimate of drug-likeness (QED) is 0.789. The number of hydrogen-bond acceptors (Lipinski definition) is 5. The maximum atomic E-state index is 12.1. The number of anilines is 1. The minimum absolute atomic E-state index is 0.192. The fraction of sp³-hybridized carbons (Fsp3) is 0.667. The first-order valence-electron chi connectivity index (χ1n) is 7.43. The highest BCUT2D eigenvalue weighted by Gasteiger charge is 2.43. The summed E-state index contributed by atoms with van der Waals surface area (Å²) in [5.74, 6) is 1.93. The van der Waals surface area contributed by atoms with Crippen LogP contribution < -0.4 is 4.90 Å². The molecule has 0 bridgehead atoms. The molecule has 0 aromatic carbocycles. The smallest absolute Gasteiger partial charge is 0.410 e. The van der Waals surface area contributed by atoms with Crippen molar-refractivity contribution in [1.82, 2.24) is 15.1 Å². The Bertz CT molecular complexity index is 500. The maximum absolute atomic E-state index is 12.1. The van der Waals surface area contributed by atoms with E-state index in [9.17, 15) is 4.79 Å². The van der Waals surface area contributed by atoms with E-state index in [2.05, 4.69) is 15.1 Å². The van der Waals surface area contributed by atoms with Gasteiger partial charge in [-0.3, -0.25) is 0 Å². The molecule has 2 aliphatic heterocycles. The first-order valence-corrected chi connectivity index (χ1v) is 7.43.